The molecule has 1 aliphatic heterocycles. The third-order valence-corrected chi connectivity index (χ3v) is 3.45. The Kier molecular flexibility index (Phi) is 4.42. The molecule has 1 aromatic rings. The van der Waals surface area contributed by atoms with Crippen LogP contribution in [-0.4, -0.2) is 40.2 Å². The number of aliphatic hydroxyl groups excluding tert-OH is 2. The normalized spacial score (nSPS) is 28.3. The Morgan fingerprint density at radius 2 is 2.14 bits per heavy atom. The van der Waals surface area contributed by atoms with Gasteiger partial charge in [0, 0.05) is 0 Å². The van der Waals surface area contributed by atoms with Crippen LogP contribution in [0.5, 0.6) is 0 Å². The van der Waals surface area contributed by atoms with E-state index < -0.39 is 42.5 Å². The maximum atomic E-state index is 14.4. The maximum absolute atomic E-state index is 14.4. The van der Waals surface area contributed by atoms with Gasteiger partial charge in [0.15, 0.2) is 6.17 Å². The third-order valence-electron chi connectivity index (χ3n) is 3.45. The van der Waals surface area contributed by atoms with E-state index in [9.17, 15) is 18.7 Å². The summed E-state index contributed by atoms with van der Waals surface area (Å²) >= 11 is 0. The van der Waals surface area contributed by atoms with Crippen LogP contribution in [0.25, 0.3) is 0 Å². The molecule has 0 radical (unpaired) electrons. The van der Waals surface area contributed by atoms with Gasteiger partial charge in [0.05, 0.1) is 17.7 Å². The van der Waals surface area contributed by atoms with Crippen LogP contribution in [0.4, 0.5) is 8.78 Å². The molecule has 1 unspecified atom stereocenters. The second kappa shape index (κ2) is 5.93. The number of rotatable bonds is 2. The molecule has 4 atom stereocenters. The van der Waals surface area contributed by atoms with Crippen LogP contribution in [0.3, 0.4) is 0 Å². The molecule has 0 bridgehead atoms. The molecule has 7 heteroatoms. The van der Waals surface area contributed by atoms with E-state index in [4.69, 9.17) is 9.84 Å². The molecule has 0 aromatic carbocycles. The van der Waals surface area contributed by atoms with E-state index in [1.165, 1.54) is 13.8 Å². The highest BCUT2D eigenvalue weighted by Gasteiger charge is 2.46. The van der Waals surface area contributed by atoms with Gasteiger partial charge in [0.1, 0.15) is 29.8 Å². The summed E-state index contributed by atoms with van der Waals surface area (Å²) in [6, 6.07) is 0. The lowest BCUT2D eigenvalue weighted by atomic mass is 9.99. The average molecular weight is 299 g/mol. The third kappa shape index (κ3) is 2.58. The zero-order valence-electron chi connectivity index (χ0n) is 11.5. The van der Waals surface area contributed by atoms with Crippen molar-refractivity contribution in [3.05, 3.63) is 33.0 Å². The molecule has 1 saturated heterocycles. The number of hydrogen-bond donors (Lipinski definition) is 3. The van der Waals surface area contributed by atoms with Gasteiger partial charge >= 0.3 is 0 Å². The Balaban J connectivity index is 2.60. The smallest absolute Gasteiger partial charge is 0.254 e. The van der Waals surface area contributed by atoms with Gasteiger partial charge in [-0.15, -0.1) is 0 Å². The Morgan fingerprint density at radius 1 is 1.48 bits per heavy atom. The summed E-state index contributed by atoms with van der Waals surface area (Å²) in [5.41, 5.74) is -1.22. The Hall–Kier alpha value is -1.75. The molecule has 1 aliphatic rings. The minimum absolute atomic E-state index is 0.0935. The van der Waals surface area contributed by atoms with Crippen LogP contribution in [0.15, 0.2) is 4.79 Å². The fourth-order valence-electron chi connectivity index (χ4n) is 2.28. The Bertz CT molecular complexity index is 661. The van der Waals surface area contributed by atoms with Crippen molar-refractivity contribution in [2.45, 2.75) is 38.3 Å². The van der Waals surface area contributed by atoms with Crippen LogP contribution in [0.2, 0.25) is 0 Å². The summed E-state index contributed by atoms with van der Waals surface area (Å²) in [5, 5.41) is 18.7. The number of ether oxygens (including phenoxy) is 1. The number of halogens is 2. The van der Waals surface area contributed by atoms with E-state index >= 15 is 0 Å². The molecule has 5 nitrogen and oxygen atoms in total. The molecule has 0 spiro atoms. The number of pyridine rings is 1. The lowest BCUT2D eigenvalue weighted by Gasteiger charge is -2.17. The van der Waals surface area contributed by atoms with Crippen molar-refractivity contribution < 1.29 is 23.7 Å². The van der Waals surface area contributed by atoms with Crippen molar-refractivity contribution in [2.24, 2.45) is 0 Å². The molecule has 2 heterocycles. The number of aliphatic hydroxyl groups is 2. The number of H-pyrrole nitrogens is 1. The van der Waals surface area contributed by atoms with Crippen LogP contribution in [0.1, 0.15) is 29.8 Å². The first-order chi connectivity index (χ1) is 9.92. The first kappa shape index (κ1) is 15.6. The van der Waals surface area contributed by atoms with Crippen LogP contribution in [0, 0.1) is 24.6 Å². The highest BCUT2D eigenvalue weighted by atomic mass is 19.1. The van der Waals surface area contributed by atoms with Crippen molar-refractivity contribution >= 4 is 0 Å². The predicted octanol–water partition coefficient (Wildman–Crippen LogP) is 0.325. The molecular weight excluding hydrogens is 284 g/mol. The van der Waals surface area contributed by atoms with E-state index in [1.807, 2.05) is 0 Å². The topological polar surface area (TPSA) is 82.6 Å². The molecule has 0 aliphatic carbocycles. The second-order valence-electron chi connectivity index (χ2n) is 4.77. The minimum atomic E-state index is -1.93. The summed E-state index contributed by atoms with van der Waals surface area (Å²) in [6.45, 7) is 2.13. The van der Waals surface area contributed by atoms with Crippen molar-refractivity contribution in [2.75, 3.05) is 6.61 Å². The zero-order chi connectivity index (χ0) is 15.7. The van der Waals surface area contributed by atoms with E-state index in [0.29, 0.717) is 0 Å². The van der Waals surface area contributed by atoms with Gasteiger partial charge in [-0.25, -0.2) is 8.78 Å². The molecular formula is C14H15F2NO4. The van der Waals surface area contributed by atoms with Crippen molar-refractivity contribution in [1.29, 1.82) is 0 Å². The summed E-state index contributed by atoms with van der Waals surface area (Å²) < 4.78 is 33.7. The standard InChI is InChI=1S/C14H15F2NO4/c1-3-4-7-9(10(15)6(2)14(20)17-7)13-11(16)12(19)8(5-18)21-13/h8,11-13,18-19H,5H2,1-2H3,(H,17,20)/t8-,11+,12?,13+/m1/s1. The van der Waals surface area contributed by atoms with Crippen molar-refractivity contribution in [3.63, 3.8) is 0 Å². The number of aromatic nitrogens is 1. The number of aromatic amines is 1. The van der Waals surface area contributed by atoms with Gasteiger partial charge in [0.2, 0.25) is 0 Å². The van der Waals surface area contributed by atoms with E-state index in [2.05, 4.69) is 16.8 Å². The molecule has 3 N–H and O–H groups in total. The summed E-state index contributed by atoms with van der Waals surface area (Å²) in [7, 11) is 0. The van der Waals surface area contributed by atoms with Crippen LogP contribution in [-0.2, 0) is 4.74 Å². The summed E-state index contributed by atoms with van der Waals surface area (Å²) in [6.07, 6.45) is -6.10. The van der Waals surface area contributed by atoms with E-state index in [-0.39, 0.29) is 16.8 Å². The highest BCUT2D eigenvalue weighted by molar-refractivity contribution is 5.41. The molecule has 1 fully saturated rings. The number of hydrogen-bond acceptors (Lipinski definition) is 4. The molecule has 0 amide bonds. The van der Waals surface area contributed by atoms with Crippen molar-refractivity contribution in [3.8, 4) is 11.8 Å². The molecule has 0 saturated carbocycles. The monoisotopic (exact) mass is 299 g/mol. The Labute approximate surface area is 119 Å². The lowest BCUT2D eigenvalue weighted by molar-refractivity contribution is -0.0236. The number of nitrogens with one attached hydrogen (secondary N) is 1. The van der Waals surface area contributed by atoms with Crippen LogP contribution >= 0.6 is 0 Å². The van der Waals surface area contributed by atoms with Gasteiger partial charge in [-0.1, -0.05) is 5.92 Å². The largest absolute Gasteiger partial charge is 0.394 e. The first-order valence-electron chi connectivity index (χ1n) is 6.35. The van der Waals surface area contributed by atoms with Gasteiger partial charge in [-0.3, -0.25) is 4.79 Å². The minimum Gasteiger partial charge on any atom is -0.394 e. The second-order valence-corrected chi connectivity index (χ2v) is 4.77. The predicted molar refractivity (Wildman–Crippen MR) is 69.9 cm³/mol. The van der Waals surface area contributed by atoms with Gasteiger partial charge in [-0.2, -0.15) is 0 Å². The fraction of sp³-hybridized carbons (Fsp3) is 0.500. The molecule has 2 rings (SSSR count). The summed E-state index contributed by atoms with van der Waals surface area (Å²) in [5.74, 6) is 4.07. The highest BCUT2D eigenvalue weighted by Crippen LogP contribution is 2.37. The first-order valence-corrected chi connectivity index (χ1v) is 6.35. The number of alkyl halides is 1. The fourth-order valence-corrected chi connectivity index (χ4v) is 2.28. The lowest BCUT2D eigenvalue weighted by Crippen LogP contribution is -2.30. The summed E-state index contributed by atoms with van der Waals surface area (Å²) in [4.78, 5) is 14.0. The molecule has 114 valence electrons. The molecule has 21 heavy (non-hydrogen) atoms. The quantitative estimate of drug-likeness (QED) is 0.687. The van der Waals surface area contributed by atoms with E-state index in [0.717, 1.165) is 0 Å². The maximum Gasteiger partial charge on any atom is 0.254 e. The average Bonchev–Trinajstić information content (AvgIpc) is 2.73. The molecule has 1 aromatic heterocycles. The van der Waals surface area contributed by atoms with Crippen LogP contribution < -0.4 is 5.56 Å². The van der Waals surface area contributed by atoms with Gasteiger partial charge in [0.25, 0.3) is 5.56 Å². The SMILES string of the molecule is CC#Cc1[nH]c(=O)c(C)c(F)c1[C@@H]1O[C@H](CO)C(O)[C@@H]1F. The zero-order valence-corrected chi connectivity index (χ0v) is 11.5. The van der Waals surface area contributed by atoms with Crippen molar-refractivity contribution in [1.82, 2.24) is 4.98 Å². The van der Waals surface area contributed by atoms with Gasteiger partial charge < -0.3 is 19.9 Å². The Morgan fingerprint density at radius 3 is 2.67 bits per heavy atom. The van der Waals surface area contributed by atoms with Gasteiger partial charge in [-0.05, 0) is 19.8 Å². The van der Waals surface area contributed by atoms with E-state index in [1.54, 1.807) is 0 Å².